The van der Waals surface area contributed by atoms with Crippen LogP contribution in [0.2, 0.25) is 0 Å². The minimum atomic E-state index is -3.78. The monoisotopic (exact) mass is 281 g/mol. The molecule has 1 aromatic carbocycles. The Labute approximate surface area is 110 Å². The molecule has 3 N–H and O–H groups in total. The number of halogens is 1. The second-order valence-electron chi connectivity index (χ2n) is 3.76. The van der Waals surface area contributed by atoms with Gasteiger partial charge in [0.2, 0.25) is 0 Å². The molecular formula is C12H12FN3O2S. The zero-order chi connectivity index (χ0) is 13.9. The van der Waals surface area contributed by atoms with Crippen molar-refractivity contribution in [3.8, 4) is 0 Å². The maximum absolute atomic E-state index is 12.8. The molecule has 1 aromatic heterocycles. The number of nitrogens with one attached hydrogen (secondary N) is 1. The molecule has 2 aromatic rings. The fourth-order valence-corrected chi connectivity index (χ4v) is 2.81. The number of hydrogen-bond acceptors (Lipinski definition) is 4. The Bertz CT molecular complexity index is 672. The first-order chi connectivity index (χ1) is 9.03. The molecular weight excluding hydrogens is 269 g/mol. The Morgan fingerprint density at radius 3 is 2.53 bits per heavy atom. The summed E-state index contributed by atoms with van der Waals surface area (Å²) in [6.45, 7) is 0.0144. The fourth-order valence-electron chi connectivity index (χ4n) is 1.55. The maximum atomic E-state index is 12.8. The first kappa shape index (κ1) is 13.4. The van der Waals surface area contributed by atoms with Crippen LogP contribution in [-0.2, 0) is 16.6 Å². The van der Waals surface area contributed by atoms with Gasteiger partial charge in [0, 0.05) is 18.4 Å². The number of anilines is 1. The van der Waals surface area contributed by atoms with Crippen LogP contribution in [0.25, 0.3) is 0 Å². The van der Waals surface area contributed by atoms with E-state index in [1.165, 1.54) is 42.6 Å². The lowest BCUT2D eigenvalue weighted by atomic mass is 10.3. The van der Waals surface area contributed by atoms with Crippen molar-refractivity contribution in [2.75, 3.05) is 4.72 Å². The highest BCUT2D eigenvalue weighted by molar-refractivity contribution is 7.92. The fraction of sp³-hybridized carbons (Fsp3) is 0.0833. The molecule has 0 bridgehead atoms. The molecule has 0 unspecified atom stereocenters. The zero-order valence-electron chi connectivity index (χ0n) is 9.88. The van der Waals surface area contributed by atoms with Gasteiger partial charge in [-0.3, -0.25) is 9.71 Å². The van der Waals surface area contributed by atoms with Gasteiger partial charge in [0.1, 0.15) is 10.7 Å². The van der Waals surface area contributed by atoms with E-state index in [1.807, 2.05) is 0 Å². The van der Waals surface area contributed by atoms with E-state index >= 15 is 0 Å². The van der Waals surface area contributed by atoms with Crippen LogP contribution in [0.4, 0.5) is 10.1 Å². The van der Waals surface area contributed by atoms with E-state index in [-0.39, 0.29) is 22.8 Å². The standard InChI is InChI=1S/C12H12FN3O2S/c13-9-3-5-10(6-4-9)16-19(17,18)12-2-1-7-15-11(12)8-14/h1-7,16H,8,14H2. The Morgan fingerprint density at radius 1 is 1.21 bits per heavy atom. The van der Waals surface area contributed by atoms with Gasteiger partial charge in [0.25, 0.3) is 10.0 Å². The zero-order valence-corrected chi connectivity index (χ0v) is 10.7. The molecule has 0 saturated heterocycles. The average Bonchev–Trinajstić information content (AvgIpc) is 2.41. The van der Waals surface area contributed by atoms with Gasteiger partial charge in [-0.25, -0.2) is 12.8 Å². The highest BCUT2D eigenvalue weighted by atomic mass is 32.2. The number of nitrogens with zero attached hydrogens (tertiary/aromatic N) is 1. The minimum absolute atomic E-state index is 0.0144. The molecule has 0 amide bonds. The van der Waals surface area contributed by atoms with Gasteiger partial charge in [0.15, 0.2) is 0 Å². The molecule has 0 spiro atoms. The van der Waals surface area contributed by atoms with Crippen LogP contribution in [0, 0.1) is 5.82 Å². The van der Waals surface area contributed by atoms with Gasteiger partial charge in [0.05, 0.1) is 5.69 Å². The summed E-state index contributed by atoms with van der Waals surface area (Å²) in [5.74, 6) is -0.438. The molecule has 100 valence electrons. The Balaban J connectivity index is 2.35. The number of nitrogens with two attached hydrogens (primary N) is 1. The topological polar surface area (TPSA) is 85.1 Å². The number of benzene rings is 1. The van der Waals surface area contributed by atoms with E-state index in [1.54, 1.807) is 0 Å². The van der Waals surface area contributed by atoms with Crippen molar-refractivity contribution in [3.63, 3.8) is 0 Å². The minimum Gasteiger partial charge on any atom is -0.325 e. The van der Waals surface area contributed by atoms with Crippen LogP contribution in [-0.4, -0.2) is 13.4 Å². The number of sulfonamides is 1. The van der Waals surface area contributed by atoms with Crippen LogP contribution in [0.3, 0.4) is 0 Å². The molecule has 1 heterocycles. The summed E-state index contributed by atoms with van der Waals surface area (Å²) in [5, 5.41) is 0. The van der Waals surface area contributed by atoms with Crippen LogP contribution >= 0.6 is 0 Å². The Morgan fingerprint density at radius 2 is 1.89 bits per heavy atom. The van der Waals surface area contributed by atoms with E-state index in [0.717, 1.165) is 0 Å². The molecule has 0 fully saturated rings. The Kier molecular flexibility index (Phi) is 3.77. The van der Waals surface area contributed by atoms with Gasteiger partial charge in [-0.2, -0.15) is 0 Å². The van der Waals surface area contributed by atoms with E-state index in [9.17, 15) is 12.8 Å². The molecule has 0 aliphatic rings. The molecule has 5 nitrogen and oxygen atoms in total. The van der Waals surface area contributed by atoms with E-state index in [0.29, 0.717) is 0 Å². The molecule has 0 aliphatic carbocycles. The lowest BCUT2D eigenvalue weighted by Crippen LogP contribution is -2.17. The van der Waals surface area contributed by atoms with Crippen molar-refractivity contribution < 1.29 is 12.8 Å². The lowest BCUT2D eigenvalue weighted by Gasteiger charge is -2.10. The van der Waals surface area contributed by atoms with Gasteiger partial charge >= 0.3 is 0 Å². The number of rotatable bonds is 4. The number of hydrogen-bond donors (Lipinski definition) is 2. The summed E-state index contributed by atoms with van der Waals surface area (Å²) in [7, 11) is -3.78. The van der Waals surface area contributed by atoms with Crippen molar-refractivity contribution in [1.29, 1.82) is 0 Å². The summed E-state index contributed by atoms with van der Waals surface area (Å²) >= 11 is 0. The van der Waals surface area contributed by atoms with E-state index < -0.39 is 15.8 Å². The summed E-state index contributed by atoms with van der Waals surface area (Å²) in [5.41, 5.74) is 6.00. The number of aromatic nitrogens is 1. The van der Waals surface area contributed by atoms with Gasteiger partial charge in [-0.15, -0.1) is 0 Å². The highest BCUT2D eigenvalue weighted by Crippen LogP contribution is 2.18. The van der Waals surface area contributed by atoms with Crippen LogP contribution in [0.5, 0.6) is 0 Å². The molecule has 0 atom stereocenters. The molecule has 0 radical (unpaired) electrons. The van der Waals surface area contributed by atoms with Crippen LogP contribution in [0.1, 0.15) is 5.69 Å². The normalized spacial score (nSPS) is 11.3. The SMILES string of the molecule is NCc1ncccc1S(=O)(=O)Nc1ccc(F)cc1. The van der Waals surface area contributed by atoms with Gasteiger partial charge < -0.3 is 5.73 Å². The van der Waals surface area contributed by atoms with Crippen molar-refractivity contribution in [3.05, 3.63) is 54.1 Å². The summed E-state index contributed by atoms with van der Waals surface area (Å²) < 4.78 is 39.4. The van der Waals surface area contributed by atoms with Gasteiger partial charge in [-0.1, -0.05) is 0 Å². The van der Waals surface area contributed by atoms with Crippen molar-refractivity contribution in [2.45, 2.75) is 11.4 Å². The highest BCUT2D eigenvalue weighted by Gasteiger charge is 2.18. The molecule has 19 heavy (non-hydrogen) atoms. The third-order valence-corrected chi connectivity index (χ3v) is 3.88. The van der Waals surface area contributed by atoms with Crippen molar-refractivity contribution in [1.82, 2.24) is 4.98 Å². The maximum Gasteiger partial charge on any atom is 0.263 e. The van der Waals surface area contributed by atoms with E-state index in [2.05, 4.69) is 9.71 Å². The third-order valence-electron chi connectivity index (χ3n) is 2.43. The molecule has 2 rings (SSSR count). The molecule has 0 saturated carbocycles. The average molecular weight is 281 g/mol. The molecule has 0 aliphatic heterocycles. The second-order valence-corrected chi connectivity index (χ2v) is 5.42. The summed E-state index contributed by atoms with van der Waals surface area (Å²) in [6.07, 6.45) is 1.47. The first-order valence-electron chi connectivity index (χ1n) is 5.45. The Hall–Kier alpha value is -1.99. The quantitative estimate of drug-likeness (QED) is 0.889. The smallest absolute Gasteiger partial charge is 0.263 e. The summed E-state index contributed by atoms with van der Waals surface area (Å²) in [4.78, 5) is 3.93. The largest absolute Gasteiger partial charge is 0.325 e. The predicted octanol–water partition coefficient (Wildman–Crippen LogP) is 1.48. The third kappa shape index (κ3) is 3.07. The summed E-state index contributed by atoms with van der Waals surface area (Å²) in [6, 6.07) is 7.95. The lowest BCUT2D eigenvalue weighted by molar-refractivity contribution is 0.599. The second kappa shape index (κ2) is 5.33. The van der Waals surface area contributed by atoms with E-state index in [4.69, 9.17) is 5.73 Å². The van der Waals surface area contributed by atoms with Crippen LogP contribution < -0.4 is 10.5 Å². The first-order valence-corrected chi connectivity index (χ1v) is 6.93. The van der Waals surface area contributed by atoms with Crippen LogP contribution in [0.15, 0.2) is 47.5 Å². The van der Waals surface area contributed by atoms with Crippen molar-refractivity contribution in [2.24, 2.45) is 5.73 Å². The molecule has 7 heteroatoms. The van der Waals surface area contributed by atoms with Gasteiger partial charge in [-0.05, 0) is 36.4 Å². The predicted molar refractivity (Wildman–Crippen MR) is 69.3 cm³/mol. The number of pyridine rings is 1. The van der Waals surface area contributed by atoms with Crippen molar-refractivity contribution >= 4 is 15.7 Å².